The predicted molar refractivity (Wildman–Crippen MR) is 108 cm³/mol. The van der Waals surface area contributed by atoms with Gasteiger partial charge in [0.25, 0.3) is 0 Å². The number of halogens is 2. The van der Waals surface area contributed by atoms with Crippen LogP contribution in [-0.4, -0.2) is 6.21 Å². The van der Waals surface area contributed by atoms with Crippen LogP contribution in [0.4, 0.5) is 10.1 Å². The molecule has 4 heteroatoms. The van der Waals surface area contributed by atoms with Crippen molar-refractivity contribution in [1.29, 1.82) is 0 Å². The van der Waals surface area contributed by atoms with E-state index in [2.05, 4.69) is 40.8 Å². The van der Waals surface area contributed by atoms with Gasteiger partial charge in [0.1, 0.15) is 18.2 Å². The summed E-state index contributed by atoms with van der Waals surface area (Å²) in [4.78, 5) is 4.58. The van der Waals surface area contributed by atoms with Crippen LogP contribution < -0.4 is 4.74 Å². The van der Waals surface area contributed by atoms with E-state index in [-0.39, 0.29) is 12.4 Å². The summed E-state index contributed by atoms with van der Waals surface area (Å²) in [6.45, 7) is 4.32. The molecule has 132 valence electrons. The molecule has 3 aromatic rings. The molecule has 0 atom stereocenters. The maximum atomic E-state index is 13.7. The zero-order chi connectivity index (χ0) is 18.5. The Bertz CT molecular complexity index is 953. The van der Waals surface area contributed by atoms with Crippen LogP contribution >= 0.6 is 15.9 Å². The topological polar surface area (TPSA) is 21.6 Å². The van der Waals surface area contributed by atoms with E-state index < -0.39 is 0 Å². The molecule has 0 amide bonds. The molecule has 3 rings (SSSR count). The quantitative estimate of drug-likeness (QED) is 0.437. The Morgan fingerprint density at radius 3 is 2.62 bits per heavy atom. The highest BCUT2D eigenvalue weighted by atomic mass is 79.9. The molecule has 26 heavy (non-hydrogen) atoms. The van der Waals surface area contributed by atoms with Gasteiger partial charge in [0.05, 0.1) is 10.2 Å². The molecule has 0 heterocycles. The number of benzene rings is 3. The number of hydrogen-bond donors (Lipinski definition) is 0. The Morgan fingerprint density at radius 1 is 1.04 bits per heavy atom. The summed E-state index contributed by atoms with van der Waals surface area (Å²) < 4.78 is 20.2. The van der Waals surface area contributed by atoms with Crippen LogP contribution in [0.25, 0.3) is 0 Å². The molecule has 0 bridgehead atoms. The van der Waals surface area contributed by atoms with Gasteiger partial charge in [-0.25, -0.2) is 4.39 Å². The average Bonchev–Trinajstić information content (AvgIpc) is 2.63. The second kappa shape index (κ2) is 8.28. The smallest absolute Gasteiger partial charge is 0.134 e. The molecule has 0 aliphatic heterocycles. The van der Waals surface area contributed by atoms with Gasteiger partial charge in [-0.1, -0.05) is 30.3 Å². The molecular weight excluding hydrogens is 393 g/mol. The van der Waals surface area contributed by atoms with Crippen molar-refractivity contribution >= 4 is 27.8 Å². The summed E-state index contributed by atoms with van der Waals surface area (Å²) in [6, 6.07) is 18.4. The van der Waals surface area contributed by atoms with Crippen LogP contribution in [0.3, 0.4) is 0 Å². The van der Waals surface area contributed by atoms with Crippen LogP contribution in [0.5, 0.6) is 5.75 Å². The fourth-order valence-corrected chi connectivity index (χ4v) is 3.02. The fraction of sp³-hybridized carbons (Fsp3) is 0.136. The molecule has 0 unspecified atom stereocenters. The van der Waals surface area contributed by atoms with E-state index in [4.69, 9.17) is 4.74 Å². The largest absolute Gasteiger partial charge is 0.488 e. The Hall–Kier alpha value is -2.46. The van der Waals surface area contributed by atoms with E-state index in [0.29, 0.717) is 11.3 Å². The third-order valence-corrected chi connectivity index (χ3v) is 4.85. The normalized spacial score (nSPS) is 11.1. The van der Waals surface area contributed by atoms with E-state index in [9.17, 15) is 4.39 Å². The van der Waals surface area contributed by atoms with Gasteiger partial charge in [0.15, 0.2) is 0 Å². The summed E-state index contributed by atoms with van der Waals surface area (Å²) in [7, 11) is 0. The van der Waals surface area contributed by atoms with Crippen molar-refractivity contribution in [2.75, 3.05) is 0 Å². The van der Waals surface area contributed by atoms with Gasteiger partial charge in [0, 0.05) is 11.8 Å². The molecule has 3 aromatic carbocycles. The first-order valence-electron chi connectivity index (χ1n) is 8.30. The molecule has 2 nitrogen and oxygen atoms in total. The molecule has 0 fully saturated rings. The summed E-state index contributed by atoms with van der Waals surface area (Å²) in [5.41, 5.74) is 4.84. The van der Waals surface area contributed by atoms with Gasteiger partial charge >= 0.3 is 0 Å². The monoisotopic (exact) mass is 411 g/mol. The second-order valence-corrected chi connectivity index (χ2v) is 6.90. The first kappa shape index (κ1) is 18.3. The Kier molecular flexibility index (Phi) is 5.84. The predicted octanol–water partition coefficient (Wildman–Crippen LogP) is 6.53. The van der Waals surface area contributed by atoms with Gasteiger partial charge in [0.2, 0.25) is 0 Å². The van der Waals surface area contributed by atoms with Crippen LogP contribution in [-0.2, 0) is 6.61 Å². The van der Waals surface area contributed by atoms with E-state index >= 15 is 0 Å². The number of ether oxygens (including phenoxy) is 1. The van der Waals surface area contributed by atoms with Crippen molar-refractivity contribution in [3.8, 4) is 5.75 Å². The first-order chi connectivity index (χ1) is 12.5. The SMILES string of the molecule is Cc1cccc(N=Cc2ccc(OCc3ccccc3F)c(Br)c2)c1C. The first-order valence-corrected chi connectivity index (χ1v) is 9.10. The van der Waals surface area contributed by atoms with Gasteiger partial charge in [-0.3, -0.25) is 4.99 Å². The highest BCUT2D eigenvalue weighted by molar-refractivity contribution is 9.10. The summed E-state index contributed by atoms with van der Waals surface area (Å²) >= 11 is 3.51. The fourth-order valence-electron chi connectivity index (χ4n) is 2.50. The van der Waals surface area contributed by atoms with Crippen molar-refractivity contribution in [1.82, 2.24) is 0 Å². The average molecular weight is 412 g/mol. The van der Waals surface area contributed by atoms with E-state index in [0.717, 1.165) is 15.7 Å². The van der Waals surface area contributed by atoms with Crippen LogP contribution in [0, 0.1) is 19.7 Å². The van der Waals surface area contributed by atoms with Crippen molar-refractivity contribution in [3.05, 3.63) is 93.2 Å². The van der Waals surface area contributed by atoms with Gasteiger partial charge in [-0.05, 0) is 76.8 Å². The Labute approximate surface area is 161 Å². The van der Waals surface area contributed by atoms with Gasteiger partial charge in [-0.15, -0.1) is 0 Å². The molecule has 0 aliphatic rings. The molecular formula is C22H19BrFNO. The lowest BCUT2D eigenvalue weighted by molar-refractivity contribution is 0.298. The highest BCUT2D eigenvalue weighted by Crippen LogP contribution is 2.27. The van der Waals surface area contributed by atoms with Crippen molar-refractivity contribution in [2.24, 2.45) is 4.99 Å². The van der Waals surface area contributed by atoms with E-state index in [1.807, 2.05) is 36.5 Å². The van der Waals surface area contributed by atoms with Crippen molar-refractivity contribution < 1.29 is 9.13 Å². The number of rotatable bonds is 5. The third kappa shape index (κ3) is 4.38. The molecule has 0 saturated heterocycles. The summed E-state index contributed by atoms with van der Waals surface area (Å²) in [5.74, 6) is 0.401. The minimum absolute atomic E-state index is 0.182. The van der Waals surface area contributed by atoms with Crippen molar-refractivity contribution in [2.45, 2.75) is 20.5 Å². The molecule has 0 saturated carbocycles. The maximum Gasteiger partial charge on any atom is 0.134 e. The minimum atomic E-state index is -0.263. The molecule has 0 aromatic heterocycles. The van der Waals surface area contributed by atoms with Gasteiger partial charge in [-0.2, -0.15) is 0 Å². The zero-order valence-corrected chi connectivity index (χ0v) is 16.3. The van der Waals surface area contributed by atoms with Crippen LogP contribution in [0.15, 0.2) is 70.1 Å². The number of aliphatic imine (C=N–C) groups is 1. The third-order valence-electron chi connectivity index (χ3n) is 4.23. The molecule has 0 radical (unpaired) electrons. The Balaban J connectivity index is 1.72. The minimum Gasteiger partial charge on any atom is -0.488 e. The number of aryl methyl sites for hydroxylation is 1. The van der Waals surface area contributed by atoms with Crippen LogP contribution in [0.1, 0.15) is 22.3 Å². The second-order valence-electron chi connectivity index (χ2n) is 6.05. The lowest BCUT2D eigenvalue weighted by Gasteiger charge is -2.09. The lowest BCUT2D eigenvalue weighted by Crippen LogP contribution is -1.99. The highest BCUT2D eigenvalue weighted by Gasteiger charge is 2.06. The summed E-state index contributed by atoms with van der Waals surface area (Å²) in [6.07, 6.45) is 1.83. The molecule has 0 N–H and O–H groups in total. The number of nitrogens with zero attached hydrogens (tertiary/aromatic N) is 1. The van der Waals surface area contributed by atoms with E-state index in [1.165, 1.54) is 17.2 Å². The molecule has 0 aliphatic carbocycles. The van der Waals surface area contributed by atoms with E-state index in [1.54, 1.807) is 18.2 Å². The van der Waals surface area contributed by atoms with Gasteiger partial charge < -0.3 is 4.74 Å². The zero-order valence-electron chi connectivity index (χ0n) is 14.7. The standard InChI is InChI=1S/C22H19BrFNO/c1-15-6-5-9-21(16(15)2)25-13-17-10-11-22(19(23)12-17)26-14-18-7-3-4-8-20(18)24/h3-13H,14H2,1-2H3. The number of hydrogen-bond acceptors (Lipinski definition) is 2. The lowest BCUT2D eigenvalue weighted by atomic mass is 10.1. The summed E-state index contributed by atoms with van der Waals surface area (Å²) in [5, 5.41) is 0. The van der Waals surface area contributed by atoms with Crippen LogP contribution in [0.2, 0.25) is 0 Å². The maximum absolute atomic E-state index is 13.7. The van der Waals surface area contributed by atoms with Crippen molar-refractivity contribution in [3.63, 3.8) is 0 Å². The Morgan fingerprint density at radius 2 is 1.85 bits per heavy atom. The molecule has 0 spiro atoms.